The highest BCUT2D eigenvalue weighted by atomic mass is 31.2. The van der Waals surface area contributed by atoms with Crippen molar-refractivity contribution in [2.45, 2.75) is 225 Å². The van der Waals surface area contributed by atoms with E-state index in [0.29, 0.717) is 12.8 Å². The number of hydrogen-bond donors (Lipinski definition) is 3. The molecule has 0 aliphatic carbocycles. The second-order valence-electron chi connectivity index (χ2n) is 16.5. The molecule has 3 N–H and O–H groups in total. The van der Waals surface area contributed by atoms with Crippen LogP contribution in [0.5, 0.6) is 0 Å². The van der Waals surface area contributed by atoms with Gasteiger partial charge in [-0.1, -0.05) is 184 Å². The van der Waals surface area contributed by atoms with Gasteiger partial charge in [-0.2, -0.15) is 0 Å². The predicted octanol–water partition coefficient (Wildman–Crippen LogP) is 13.8. The van der Waals surface area contributed by atoms with Crippen LogP contribution < -0.4 is 0 Å². The number of aliphatic hydroxyl groups is 2. The van der Waals surface area contributed by atoms with E-state index in [9.17, 15) is 24.2 Å². The van der Waals surface area contributed by atoms with Gasteiger partial charge in [0.05, 0.1) is 19.8 Å². The van der Waals surface area contributed by atoms with Crippen molar-refractivity contribution in [1.82, 2.24) is 0 Å². The van der Waals surface area contributed by atoms with Crippen LogP contribution >= 0.6 is 7.82 Å². The number of allylic oxidation sites excluding steroid dienone is 10. The summed E-state index contributed by atoms with van der Waals surface area (Å²) in [5, 5.41) is 18.4. The molecule has 0 saturated heterocycles. The van der Waals surface area contributed by atoms with Crippen molar-refractivity contribution in [2.75, 3.05) is 26.4 Å². The minimum atomic E-state index is -4.63. The molecule has 3 unspecified atom stereocenters. The number of ether oxygens (including phenoxy) is 2. The number of unbranched alkanes of at least 4 members (excludes halogenated alkanes) is 22. The van der Waals surface area contributed by atoms with Crippen molar-refractivity contribution < 1.29 is 47.8 Å². The topological polar surface area (TPSA) is 149 Å². The lowest BCUT2D eigenvalue weighted by atomic mass is 10.0. The fourth-order valence-electron chi connectivity index (χ4n) is 6.63. The Labute approximate surface area is 378 Å². The van der Waals surface area contributed by atoms with E-state index in [1.165, 1.54) is 89.9 Å². The Hall–Kier alpha value is -2.33. The molecule has 0 aromatic carbocycles. The monoisotopic (exact) mass is 895 g/mol. The van der Waals surface area contributed by atoms with E-state index in [1.54, 1.807) is 0 Å². The maximum absolute atomic E-state index is 12.7. The smallest absolute Gasteiger partial charge is 0.462 e. The van der Waals surface area contributed by atoms with Crippen LogP contribution in [0.2, 0.25) is 0 Å². The van der Waals surface area contributed by atoms with Crippen LogP contribution in [-0.2, 0) is 32.7 Å². The van der Waals surface area contributed by atoms with Crippen molar-refractivity contribution in [3.05, 3.63) is 60.8 Å². The third kappa shape index (κ3) is 45.7. The molecule has 0 bridgehead atoms. The second kappa shape index (κ2) is 46.7. The standard InChI is InChI=1S/C51H91O10P/c1-3-5-7-9-11-13-15-17-19-21-22-23-24-25-26-27-29-31-33-35-37-39-41-43-51(55)61-49(47-60-62(56,57)59-45-48(53)44-52)46-58-50(54)42-40-38-36-34-32-30-28-20-18-16-14-12-10-8-6-4-2/h5,7,11,13,17,19-20,22-23,28,48-49,52-53H,3-4,6,8-10,12,14-16,18,21,24-27,29-47H2,1-2H3,(H,56,57)/b7-5-,13-11-,19-17-,23-22-,28-20-. The number of esters is 2. The Kier molecular flexibility index (Phi) is 44.9. The second-order valence-corrected chi connectivity index (χ2v) is 17.9. The van der Waals surface area contributed by atoms with Gasteiger partial charge in [0.2, 0.25) is 0 Å². The van der Waals surface area contributed by atoms with Gasteiger partial charge in [0, 0.05) is 12.8 Å². The molecule has 0 aliphatic rings. The van der Waals surface area contributed by atoms with Crippen molar-refractivity contribution in [3.63, 3.8) is 0 Å². The summed E-state index contributed by atoms with van der Waals surface area (Å²) < 4.78 is 32.8. The predicted molar refractivity (Wildman–Crippen MR) is 256 cm³/mol. The van der Waals surface area contributed by atoms with E-state index >= 15 is 0 Å². The van der Waals surface area contributed by atoms with E-state index in [4.69, 9.17) is 23.6 Å². The van der Waals surface area contributed by atoms with Crippen molar-refractivity contribution in [1.29, 1.82) is 0 Å². The molecular weight excluding hydrogens is 804 g/mol. The molecule has 10 nitrogen and oxygen atoms in total. The third-order valence-corrected chi connectivity index (χ3v) is 11.4. The molecule has 0 aromatic rings. The Morgan fingerprint density at radius 2 is 0.887 bits per heavy atom. The minimum absolute atomic E-state index is 0.175. The number of rotatable bonds is 46. The highest BCUT2D eigenvalue weighted by Gasteiger charge is 2.27. The highest BCUT2D eigenvalue weighted by molar-refractivity contribution is 7.47. The molecule has 0 amide bonds. The number of carbonyl (C=O) groups is 2. The van der Waals surface area contributed by atoms with Gasteiger partial charge in [0.15, 0.2) is 6.10 Å². The molecule has 0 aromatic heterocycles. The van der Waals surface area contributed by atoms with Crippen LogP contribution in [0.15, 0.2) is 60.8 Å². The van der Waals surface area contributed by atoms with Gasteiger partial charge in [-0.15, -0.1) is 0 Å². The van der Waals surface area contributed by atoms with Crippen molar-refractivity contribution >= 4 is 19.8 Å². The maximum atomic E-state index is 12.7. The van der Waals surface area contributed by atoms with Gasteiger partial charge in [0.25, 0.3) is 0 Å². The Balaban J connectivity index is 4.21. The van der Waals surface area contributed by atoms with Crippen LogP contribution in [0.4, 0.5) is 0 Å². The van der Waals surface area contributed by atoms with Crippen molar-refractivity contribution in [2.24, 2.45) is 0 Å². The zero-order valence-electron chi connectivity index (χ0n) is 39.3. The van der Waals surface area contributed by atoms with E-state index in [1.807, 2.05) is 0 Å². The summed E-state index contributed by atoms with van der Waals surface area (Å²) in [5.74, 6) is -0.937. The Morgan fingerprint density at radius 3 is 1.35 bits per heavy atom. The van der Waals surface area contributed by atoms with Crippen LogP contribution in [0.3, 0.4) is 0 Å². The number of aliphatic hydroxyl groups excluding tert-OH is 2. The molecule has 0 saturated carbocycles. The fraction of sp³-hybridized carbons (Fsp3) is 0.765. The first-order valence-electron chi connectivity index (χ1n) is 24.7. The molecule has 0 radical (unpaired) electrons. The summed E-state index contributed by atoms with van der Waals surface area (Å²) in [6.07, 6.45) is 53.2. The van der Waals surface area contributed by atoms with E-state index in [2.05, 4.69) is 74.6 Å². The van der Waals surface area contributed by atoms with E-state index in [0.717, 1.165) is 83.5 Å². The van der Waals surface area contributed by atoms with Gasteiger partial charge in [-0.3, -0.25) is 18.6 Å². The van der Waals surface area contributed by atoms with Crippen LogP contribution in [0, 0.1) is 0 Å². The summed E-state index contributed by atoms with van der Waals surface area (Å²) in [4.78, 5) is 35.1. The third-order valence-electron chi connectivity index (χ3n) is 10.4. The molecular formula is C51H91O10P. The van der Waals surface area contributed by atoms with E-state index in [-0.39, 0.29) is 19.4 Å². The first kappa shape index (κ1) is 59.7. The molecule has 0 spiro atoms. The fourth-order valence-corrected chi connectivity index (χ4v) is 7.42. The largest absolute Gasteiger partial charge is 0.472 e. The maximum Gasteiger partial charge on any atom is 0.472 e. The first-order chi connectivity index (χ1) is 30.2. The normalized spacial score (nSPS) is 14.2. The number of hydrogen-bond acceptors (Lipinski definition) is 9. The Bertz CT molecular complexity index is 1210. The van der Waals surface area contributed by atoms with Gasteiger partial charge in [0.1, 0.15) is 12.7 Å². The molecule has 3 atom stereocenters. The molecule has 0 rings (SSSR count). The summed E-state index contributed by atoms with van der Waals surface area (Å²) >= 11 is 0. The van der Waals surface area contributed by atoms with E-state index < -0.39 is 51.8 Å². The molecule has 0 heterocycles. The Morgan fingerprint density at radius 1 is 0.500 bits per heavy atom. The molecule has 360 valence electrons. The van der Waals surface area contributed by atoms with Gasteiger partial charge in [-0.05, 0) is 77.0 Å². The molecule has 62 heavy (non-hydrogen) atoms. The number of carbonyl (C=O) groups excluding carboxylic acids is 2. The lowest BCUT2D eigenvalue weighted by Crippen LogP contribution is -2.29. The summed E-state index contributed by atoms with van der Waals surface area (Å²) in [5.41, 5.74) is 0. The zero-order valence-corrected chi connectivity index (χ0v) is 40.2. The SMILES string of the molecule is CC/C=C\C/C=C\C/C=C\C/C=C\CCCCCCCCCCCCC(=O)OC(COC(=O)CCCCCCC/C=C\CCCCCCCCC)COP(=O)(O)OCC(O)CO. The van der Waals surface area contributed by atoms with Crippen LogP contribution in [-0.4, -0.2) is 65.7 Å². The summed E-state index contributed by atoms with van der Waals surface area (Å²) in [6, 6.07) is 0. The average Bonchev–Trinajstić information content (AvgIpc) is 3.26. The highest BCUT2D eigenvalue weighted by Crippen LogP contribution is 2.43. The zero-order chi connectivity index (χ0) is 45.5. The van der Waals surface area contributed by atoms with Gasteiger partial charge in [-0.25, -0.2) is 4.57 Å². The molecule has 11 heteroatoms. The lowest BCUT2D eigenvalue weighted by Gasteiger charge is -2.20. The van der Waals surface area contributed by atoms with Crippen LogP contribution in [0.1, 0.15) is 213 Å². The average molecular weight is 895 g/mol. The lowest BCUT2D eigenvalue weighted by molar-refractivity contribution is -0.161. The van der Waals surface area contributed by atoms with Crippen LogP contribution in [0.25, 0.3) is 0 Å². The molecule has 0 fully saturated rings. The quantitative estimate of drug-likeness (QED) is 0.0233. The summed E-state index contributed by atoms with van der Waals surface area (Å²) in [6.45, 7) is 2.27. The van der Waals surface area contributed by atoms with Crippen molar-refractivity contribution in [3.8, 4) is 0 Å². The first-order valence-corrected chi connectivity index (χ1v) is 26.2. The summed E-state index contributed by atoms with van der Waals surface area (Å²) in [7, 11) is -4.63. The number of phosphoric ester groups is 1. The number of phosphoric acid groups is 1. The molecule has 0 aliphatic heterocycles. The van der Waals surface area contributed by atoms with Gasteiger partial charge < -0.3 is 24.6 Å². The van der Waals surface area contributed by atoms with Gasteiger partial charge >= 0.3 is 19.8 Å². The minimum Gasteiger partial charge on any atom is -0.462 e.